The molecule has 9 aromatic rings. The van der Waals surface area contributed by atoms with Gasteiger partial charge in [0.2, 0.25) is 0 Å². The third-order valence-electron chi connectivity index (χ3n) is 8.54. The van der Waals surface area contributed by atoms with E-state index in [9.17, 15) is 0 Å². The zero-order chi connectivity index (χ0) is 29.7. The molecule has 45 heavy (non-hydrogen) atoms. The van der Waals surface area contributed by atoms with E-state index in [4.69, 9.17) is 4.98 Å². The Hall–Kier alpha value is -5.29. The Balaban J connectivity index is 1.14. The SMILES string of the molecule is c1ccc(-c2ccc(N(c3ccc(-c4cc5c(cn4)sc4ccccc45)cc3)c3ccc4c(c3)sc3ccccc34)cc2)cc1. The van der Waals surface area contributed by atoms with Crippen molar-refractivity contribution in [2.75, 3.05) is 4.90 Å². The van der Waals surface area contributed by atoms with Gasteiger partial charge in [-0.2, -0.15) is 0 Å². The van der Waals surface area contributed by atoms with Gasteiger partial charge in [-0.05, 0) is 65.7 Å². The number of fused-ring (bicyclic) bond motifs is 6. The van der Waals surface area contributed by atoms with E-state index in [1.165, 1.54) is 51.5 Å². The van der Waals surface area contributed by atoms with Gasteiger partial charge in [0.25, 0.3) is 0 Å². The minimum Gasteiger partial charge on any atom is -0.310 e. The molecule has 3 heterocycles. The van der Waals surface area contributed by atoms with Crippen LogP contribution in [-0.4, -0.2) is 4.98 Å². The molecule has 0 bridgehead atoms. The van der Waals surface area contributed by atoms with Crippen molar-refractivity contribution < 1.29 is 0 Å². The zero-order valence-corrected chi connectivity index (χ0v) is 25.9. The smallest absolute Gasteiger partial charge is 0.0709 e. The molecule has 0 saturated carbocycles. The molecule has 0 N–H and O–H groups in total. The second kappa shape index (κ2) is 10.7. The van der Waals surface area contributed by atoms with E-state index in [0.717, 1.165) is 28.3 Å². The number of benzene rings is 6. The van der Waals surface area contributed by atoms with Crippen LogP contribution < -0.4 is 4.90 Å². The second-order valence-electron chi connectivity index (χ2n) is 11.2. The third kappa shape index (κ3) is 4.58. The van der Waals surface area contributed by atoms with E-state index in [1.54, 1.807) is 11.3 Å². The first-order valence-electron chi connectivity index (χ1n) is 15.0. The van der Waals surface area contributed by atoms with E-state index in [-0.39, 0.29) is 0 Å². The molecule has 4 heteroatoms. The lowest BCUT2D eigenvalue weighted by Gasteiger charge is -2.26. The Kier molecular flexibility index (Phi) is 6.22. The lowest BCUT2D eigenvalue weighted by atomic mass is 10.0. The molecule has 0 fully saturated rings. The van der Waals surface area contributed by atoms with Gasteiger partial charge >= 0.3 is 0 Å². The van der Waals surface area contributed by atoms with Gasteiger partial charge in [0.1, 0.15) is 0 Å². The molecule has 0 aliphatic rings. The lowest BCUT2D eigenvalue weighted by molar-refractivity contribution is 1.29. The van der Waals surface area contributed by atoms with E-state index in [1.807, 2.05) is 17.5 Å². The highest BCUT2D eigenvalue weighted by Crippen LogP contribution is 2.42. The standard InChI is InChI=1S/C41H26N2S2/c1-2-8-27(9-3-1)28-14-18-30(19-15-28)43(32-22-23-35-33-10-4-6-12-38(33)44-40(35)24-32)31-20-16-29(17-21-31)37-25-36-34-11-5-7-13-39(34)45-41(36)26-42-37/h1-26H. The van der Waals surface area contributed by atoms with Crippen LogP contribution in [0.3, 0.4) is 0 Å². The van der Waals surface area contributed by atoms with Crippen LogP contribution in [0.4, 0.5) is 17.1 Å². The summed E-state index contributed by atoms with van der Waals surface area (Å²) in [5, 5.41) is 5.17. The average Bonchev–Trinajstić information content (AvgIpc) is 3.67. The summed E-state index contributed by atoms with van der Waals surface area (Å²) in [6.45, 7) is 0. The van der Waals surface area contributed by atoms with Crippen molar-refractivity contribution in [3.05, 3.63) is 158 Å². The number of hydrogen-bond donors (Lipinski definition) is 0. The Bertz CT molecular complexity index is 2470. The highest BCUT2D eigenvalue weighted by molar-refractivity contribution is 7.26. The molecule has 3 aromatic heterocycles. The Morgan fingerprint density at radius 2 is 0.911 bits per heavy atom. The topological polar surface area (TPSA) is 16.1 Å². The number of hydrogen-bond acceptors (Lipinski definition) is 4. The fraction of sp³-hybridized carbons (Fsp3) is 0. The van der Waals surface area contributed by atoms with Crippen molar-refractivity contribution in [2.24, 2.45) is 0 Å². The van der Waals surface area contributed by atoms with Crippen molar-refractivity contribution >= 4 is 80.1 Å². The van der Waals surface area contributed by atoms with Gasteiger partial charge in [-0.15, -0.1) is 22.7 Å². The lowest BCUT2D eigenvalue weighted by Crippen LogP contribution is -2.09. The summed E-state index contributed by atoms with van der Waals surface area (Å²) in [5.74, 6) is 0. The van der Waals surface area contributed by atoms with Crippen LogP contribution in [0.1, 0.15) is 0 Å². The first-order valence-corrected chi connectivity index (χ1v) is 16.7. The van der Waals surface area contributed by atoms with E-state index in [0.29, 0.717) is 0 Å². The maximum atomic E-state index is 4.85. The highest BCUT2D eigenvalue weighted by atomic mass is 32.1. The summed E-state index contributed by atoms with van der Waals surface area (Å²) in [7, 11) is 0. The van der Waals surface area contributed by atoms with E-state index in [2.05, 4.69) is 157 Å². The molecule has 0 amide bonds. The first-order chi connectivity index (χ1) is 22.3. The molecule has 0 spiro atoms. The summed E-state index contributed by atoms with van der Waals surface area (Å²) in [6.07, 6.45) is 2.02. The molecule has 0 aliphatic heterocycles. The van der Waals surface area contributed by atoms with Gasteiger partial charge in [0.15, 0.2) is 0 Å². The number of anilines is 3. The van der Waals surface area contributed by atoms with Crippen molar-refractivity contribution in [3.8, 4) is 22.4 Å². The van der Waals surface area contributed by atoms with Crippen molar-refractivity contribution in [1.82, 2.24) is 4.98 Å². The van der Waals surface area contributed by atoms with Crippen molar-refractivity contribution in [3.63, 3.8) is 0 Å². The van der Waals surface area contributed by atoms with Crippen molar-refractivity contribution in [2.45, 2.75) is 0 Å². The highest BCUT2D eigenvalue weighted by Gasteiger charge is 2.16. The molecule has 0 saturated heterocycles. The largest absolute Gasteiger partial charge is 0.310 e. The van der Waals surface area contributed by atoms with Gasteiger partial charge in [-0.25, -0.2) is 0 Å². The monoisotopic (exact) mass is 610 g/mol. The molecular formula is C41H26N2S2. The first kappa shape index (κ1) is 26.1. The summed E-state index contributed by atoms with van der Waals surface area (Å²) < 4.78 is 5.12. The summed E-state index contributed by atoms with van der Waals surface area (Å²) >= 11 is 3.65. The summed E-state index contributed by atoms with van der Waals surface area (Å²) in [5.41, 5.74) is 7.88. The minimum absolute atomic E-state index is 0.989. The minimum atomic E-state index is 0.989. The second-order valence-corrected chi connectivity index (χ2v) is 13.4. The predicted molar refractivity (Wildman–Crippen MR) is 196 cm³/mol. The quantitative estimate of drug-likeness (QED) is 0.193. The summed E-state index contributed by atoms with van der Waals surface area (Å²) in [6, 6.07) is 54.6. The molecule has 6 aromatic carbocycles. The molecule has 0 aliphatic carbocycles. The maximum Gasteiger partial charge on any atom is 0.0709 e. The molecule has 2 nitrogen and oxygen atoms in total. The third-order valence-corrected chi connectivity index (χ3v) is 10.8. The molecule has 0 atom stereocenters. The van der Waals surface area contributed by atoms with Crippen LogP contribution in [0.15, 0.2) is 158 Å². The van der Waals surface area contributed by atoms with Crippen LogP contribution in [-0.2, 0) is 0 Å². The van der Waals surface area contributed by atoms with Crippen LogP contribution in [0, 0.1) is 0 Å². The molecule has 0 unspecified atom stereocenters. The van der Waals surface area contributed by atoms with Gasteiger partial charge in [0, 0.05) is 64.5 Å². The molecule has 212 valence electrons. The number of pyridine rings is 1. The maximum absolute atomic E-state index is 4.85. The van der Waals surface area contributed by atoms with Crippen LogP contribution >= 0.6 is 22.7 Å². The number of rotatable bonds is 5. The fourth-order valence-corrected chi connectivity index (χ4v) is 8.50. The zero-order valence-electron chi connectivity index (χ0n) is 24.2. The summed E-state index contributed by atoms with van der Waals surface area (Å²) in [4.78, 5) is 7.21. The van der Waals surface area contributed by atoms with Crippen LogP contribution in [0.2, 0.25) is 0 Å². The van der Waals surface area contributed by atoms with Gasteiger partial charge < -0.3 is 4.90 Å². The Morgan fingerprint density at radius 3 is 1.62 bits per heavy atom. The normalized spacial score (nSPS) is 11.6. The van der Waals surface area contributed by atoms with Gasteiger partial charge in [0.05, 0.1) is 10.4 Å². The molecule has 9 rings (SSSR count). The number of aromatic nitrogens is 1. The van der Waals surface area contributed by atoms with Crippen LogP contribution in [0.25, 0.3) is 62.7 Å². The van der Waals surface area contributed by atoms with E-state index < -0.39 is 0 Å². The molecule has 0 radical (unpaired) electrons. The predicted octanol–water partition coefficient (Wildman–Crippen LogP) is 12.6. The Labute approximate surface area is 269 Å². The van der Waals surface area contributed by atoms with Gasteiger partial charge in [-0.1, -0.05) is 97.1 Å². The average molecular weight is 611 g/mol. The Morgan fingerprint density at radius 1 is 0.378 bits per heavy atom. The fourth-order valence-electron chi connectivity index (χ4n) is 6.30. The van der Waals surface area contributed by atoms with Crippen LogP contribution in [0.5, 0.6) is 0 Å². The number of thiophene rings is 2. The van der Waals surface area contributed by atoms with Crippen molar-refractivity contribution in [1.29, 1.82) is 0 Å². The number of nitrogens with zero attached hydrogens (tertiary/aromatic N) is 2. The van der Waals surface area contributed by atoms with Gasteiger partial charge in [-0.3, -0.25) is 4.98 Å². The molecular weight excluding hydrogens is 585 g/mol. The van der Waals surface area contributed by atoms with E-state index >= 15 is 0 Å².